The third-order valence-electron chi connectivity index (χ3n) is 4.34. The Kier molecular flexibility index (Phi) is 3.42. The van der Waals surface area contributed by atoms with Crippen LogP contribution in [0.2, 0.25) is 0 Å². The van der Waals surface area contributed by atoms with Crippen LogP contribution in [0.4, 0.5) is 0 Å². The molecule has 0 amide bonds. The van der Waals surface area contributed by atoms with Crippen LogP contribution in [0.1, 0.15) is 31.9 Å². The molecule has 5 heteroatoms. The lowest BCUT2D eigenvalue weighted by atomic mass is 9.81. The van der Waals surface area contributed by atoms with Crippen LogP contribution in [0.25, 0.3) is 0 Å². The Hall–Kier alpha value is -2.69. The van der Waals surface area contributed by atoms with Crippen LogP contribution in [0.15, 0.2) is 47.5 Å². The van der Waals surface area contributed by atoms with Crippen molar-refractivity contribution in [1.82, 2.24) is 0 Å². The maximum atomic E-state index is 6.16. The minimum Gasteiger partial charge on any atom is -0.493 e. The minimum absolute atomic E-state index is 0.0395. The lowest BCUT2D eigenvalue weighted by Gasteiger charge is -2.35. The summed E-state index contributed by atoms with van der Waals surface area (Å²) in [5.74, 6) is 2.25. The summed E-state index contributed by atoms with van der Waals surface area (Å²) in [6.45, 7) is 7.33. The van der Waals surface area contributed by atoms with Gasteiger partial charge in [-0.05, 0) is 23.6 Å². The Balaban J connectivity index is 1.89. The van der Waals surface area contributed by atoms with Crippen molar-refractivity contribution in [3.63, 3.8) is 0 Å². The van der Waals surface area contributed by atoms with Gasteiger partial charge in [0.1, 0.15) is 23.9 Å². The van der Waals surface area contributed by atoms with Gasteiger partial charge in [-0.15, -0.1) is 0 Å². The summed E-state index contributed by atoms with van der Waals surface area (Å²) in [5.41, 5.74) is 7.01. The van der Waals surface area contributed by atoms with Crippen LogP contribution in [0, 0.1) is 5.41 Å². The molecule has 0 fully saturated rings. The van der Waals surface area contributed by atoms with E-state index in [9.17, 15) is 0 Å². The molecule has 0 saturated carbocycles. The number of hydrogen-bond donors (Lipinski definition) is 1. The lowest BCUT2D eigenvalue weighted by molar-refractivity contribution is 0.189. The number of aliphatic imine (C=N–C) groups is 1. The first-order valence-corrected chi connectivity index (χ1v) is 8.41. The van der Waals surface area contributed by atoms with E-state index < -0.39 is 5.54 Å². The zero-order valence-electron chi connectivity index (χ0n) is 14.7. The maximum absolute atomic E-state index is 6.16. The van der Waals surface area contributed by atoms with E-state index in [2.05, 4.69) is 25.8 Å². The molecule has 2 aromatic rings. The van der Waals surface area contributed by atoms with Crippen molar-refractivity contribution in [2.75, 3.05) is 13.2 Å². The molecule has 130 valence electrons. The highest BCUT2D eigenvalue weighted by Gasteiger charge is 2.48. The molecule has 1 unspecified atom stereocenters. The fraction of sp³-hybridized carbons (Fsp3) is 0.350. The number of nitrogens with zero attached hydrogens (tertiary/aromatic N) is 1. The molecule has 2 N–H and O–H groups in total. The Labute approximate surface area is 147 Å². The van der Waals surface area contributed by atoms with Gasteiger partial charge >= 0.3 is 0 Å². The molecule has 2 aromatic carbocycles. The number of nitrogens with two attached hydrogens (primary N) is 1. The number of amidine groups is 1. The van der Waals surface area contributed by atoms with Gasteiger partial charge in [0, 0.05) is 5.56 Å². The highest BCUT2D eigenvalue weighted by molar-refractivity contribution is 5.77. The van der Waals surface area contributed by atoms with E-state index in [1.807, 2.05) is 42.5 Å². The number of ether oxygens (including phenoxy) is 3. The van der Waals surface area contributed by atoms with Crippen LogP contribution in [-0.2, 0) is 10.3 Å². The van der Waals surface area contributed by atoms with Crippen molar-refractivity contribution < 1.29 is 14.2 Å². The van der Waals surface area contributed by atoms with Crippen molar-refractivity contribution in [1.29, 1.82) is 0 Å². The summed E-state index contributed by atoms with van der Waals surface area (Å²) in [4.78, 5) is 4.68. The predicted octanol–water partition coefficient (Wildman–Crippen LogP) is 3.81. The number of fused-ring (bicyclic) bond motifs is 4. The number of hydrogen-bond acceptors (Lipinski definition) is 5. The van der Waals surface area contributed by atoms with Gasteiger partial charge in [-0.25, -0.2) is 4.99 Å². The fourth-order valence-corrected chi connectivity index (χ4v) is 3.27. The van der Waals surface area contributed by atoms with Gasteiger partial charge in [-0.2, -0.15) is 0 Å². The average Bonchev–Trinajstić information content (AvgIpc) is 2.95. The van der Waals surface area contributed by atoms with Crippen LogP contribution >= 0.6 is 0 Å². The van der Waals surface area contributed by atoms with E-state index in [1.165, 1.54) is 0 Å². The molecule has 4 rings (SSSR count). The molecule has 0 saturated heterocycles. The van der Waals surface area contributed by atoms with Crippen molar-refractivity contribution in [3.8, 4) is 17.2 Å². The summed E-state index contributed by atoms with van der Waals surface area (Å²) < 4.78 is 17.9. The summed E-state index contributed by atoms with van der Waals surface area (Å²) in [7, 11) is 0. The molecule has 0 radical (unpaired) electrons. The van der Waals surface area contributed by atoms with Gasteiger partial charge in [0.2, 0.25) is 0 Å². The van der Waals surface area contributed by atoms with E-state index in [0.717, 1.165) is 28.4 Å². The molecular formula is C20H22N2O3. The second-order valence-corrected chi connectivity index (χ2v) is 7.68. The van der Waals surface area contributed by atoms with Crippen LogP contribution in [0.5, 0.6) is 17.2 Å². The molecule has 0 bridgehead atoms. The normalized spacial score (nSPS) is 21.0. The van der Waals surface area contributed by atoms with Crippen LogP contribution < -0.4 is 15.2 Å². The second kappa shape index (κ2) is 5.41. The molecule has 1 atom stereocenters. The molecule has 5 nitrogen and oxygen atoms in total. The summed E-state index contributed by atoms with van der Waals surface area (Å²) in [6.07, 6.45) is 0. The number of para-hydroxylation sites is 1. The van der Waals surface area contributed by atoms with E-state index in [1.54, 1.807) is 0 Å². The lowest BCUT2D eigenvalue weighted by Crippen LogP contribution is -2.32. The molecule has 0 aromatic heterocycles. The molecule has 2 aliphatic heterocycles. The number of benzene rings is 2. The van der Waals surface area contributed by atoms with Crippen molar-refractivity contribution in [3.05, 3.63) is 53.6 Å². The zero-order chi connectivity index (χ0) is 17.7. The summed E-state index contributed by atoms with van der Waals surface area (Å²) >= 11 is 0. The molecular weight excluding hydrogens is 316 g/mol. The van der Waals surface area contributed by atoms with Crippen molar-refractivity contribution in [2.24, 2.45) is 16.1 Å². The van der Waals surface area contributed by atoms with Gasteiger partial charge in [0.05, 0.1) is 12.2 Å². The quantitative estimate of drug-likeness (QED) is 0.904. The molecule has 1 spiro atoms. The second-order valence-electron chi connectivity index (χ2n) is 7.68. The van der Waals surface area contributed by atoms with Gasteiger partial charge in [0.25, 0.3) is 6.02 Å². The topological polar surface area (TPSA) is 66.1 Å². The van der Waals surface area contributed by atoms with Crippen LogP contribution in [0.3, 0.4) is 0 Å². The molecule has 2 aliphatic rings. The van der Waals surface area contributed by atoms with E-state index in [4.69, 9.17) is 19.9 Å². The smallest absolute Gasteiger partial charge is 0.283 e. The van der Waals surface area contributed by atoms with Gasteiger partial charge in [-0.1, -0.05) is 45.0 Å². The van der Waals surface area contributed by atoms with E-state index in [-0.39, 0.29) is 11.4 Å². The zero-order valence-corrected chi connectivity index (χ0v) is 14.7. The average molecular weight is 338 g/mol. The highest BCUT2D eigenvalue weighted by atomic mass is 16.5. The minimum atomic E-state index is -0.733. The first-order valence-electron chi connectivity index (χ1n) is 8.41. The Morgan fingerprint density at radius 3 is 2.60 bits per heavy atom. The van der Waals surface area contributed by atoms with Gasteiger partial charge < -0.3 is 19.9 Å². The first kappa shape index (κ1) is 15.8. The molecule has 2 heterocycles. The third kappa shape index (κ3) is 2.60. The van der Waals surface area contributed by atoms with Crippen molar-refractivity contribution in [2.45, 2.75) is 26.3 Å². The largest absolute Gasteiger partial charge is 0.493 e. The van der Waals surface area contributed by atoms with Gasteiger partial charge in [0.15, 0.2) is 5.54 Å². The monoisotopic (exact) mass is 338 g/mol. The van der Waals surface area contributed by atoms with Crippen molar-refractivity contribution >= 4 is 6.02 Å². The van der Waals surface area contributed by atoms with E-state index in [0.29, 0.717) is 13.2 Å². The standard InChI is InChI=1S/C20H22N2O3/c1-19(2,3)11-23-15-9-6-10-16-17(15)20(12-24-18(21)22-20)13-7-4-5-8-14(13)25-16/h4-10H,11-12H2,1-3H3,(H2,21,22). The third-order valence-corrected chi connectivity index (χ3v) is 4.34. The summed E-state index contributed by atoms with van der Waals surface area (Å²) in [6, 6.07) is 13.9. The summed E-state index contributed by atoms with van der Waals surface area (Å²) in [5, 5.41) is 0. The highest BCUT2D eigenvalue weighted by Crippen LogP contribution is 2.53. The van der Waals surface area contributed by atoms with Crippen LogP contribution in [-0.4, -0.2) is 19.2 Å². The Morgan fingerprint density at radius 1 is 1.12 bits per heavy atom. The molecule has 25 heavy (non-hydrogen) atoms. The van der Waals surface area contributed by atoms with Gasteiger partial charge in [-0.3, -0.25) is 0 Å². The number of rotatable bonds is 2. The SMILES string of the molecule is CC(C)(C)COc1cccc2c1C1(COC(N)=N1)c1ccccc1O2. The predicted molar refractivity (Wildman–Crippen MR) is 96.3 cm³/mol. The molecule has 0 aliphatic carbocycles. The fourth-order valence-electron chi connectivity index (χ4n) is 3.27. The maximum Gasteiger partial charge on any atom is 0.283 e. The van der Waals surface area contributed by atoms with E-state index >= 15 is 0 Å². The Morgan fingerprint density at radius 2 is 1.88 bits per heavy atom. The Bertz CT molecular complexity index is 854. The first-order chi connectivity index (χ1) is 11.9.